The molecule has 9 heteroatoms. The molecule has 1 aromatic heterocycles. The maximum atomic E-state index is 14.6. The number of alkyl halides is 3. The molecule has 0 bridgehead atoms. The highest BCUT2D eigenvalue weighted by atomic mass is 19.4. The third kappa shape index (κ3) is 4.54. The van der Waals surface area contributed by atoms with E-state index in [1.807, 2.05) is 18.2 Å². The van der Waals surface area contributed by atoms with Gasteiger partial charge in [0, 0.05) is 31.6 Å². The molecule has 1 heterocycles. The molecule has 4 rings (SSSR count). The molecule has 5 nitrogen and oxygen atoms in total. The molecule has 0 unspecified atom stereocenters. The van der Waals surface area contributed by atoms with E-state index in [2.05, 4.69) is 15.3 Å². The van der Waals surface area contributed by atoms with Gasteiger partial charge in [-0.2, -0.15) is 13.2 Å². The number of amides is 1. The van der Waals surface area contributed by atoms with E-state index in [0.29, 0.717) is 11.4 Å². The summed E-state index contributed by atoms with van der Waals surface area (Å²) in [5.74, 6) is -0.769. The lowest BCUT2D eigenvalue weighted by atomic mass is 10.0. The van der Waals surface area contributed by atoms with Gasteiger partial charge in [-0.05, 0) is 47.5 Å². The molecule has 3 aromatic carbocycles. The van der Waals surface area contributed by atoms with Crippen molar-refractivity contribution in [3.8, 4) is 11.1 Å². The van der Waals surface area contributed by atoms with Crippen LogP contribution in [0.3, 0.4) is 0 Å². The second-order valence-corrected chi connectivity index (χ2v) is 7.71. The minimum absolute atomic E-state index is 0.177. The van der Waals surface area contributed by atoms with Crippen molar-refractivity contribution >= 4 is 22.6 Å². The number of nitrogens with one attached hydrogen (secondary N) is 1. The fraction of sp³-hybridized carbons (Fsp3) is 0.160. The van der Waals surface area contributed by atoms with E-state index in [0.717, 1.165) is 33.5 Å². The number of halogens is 4. The van der Waals surface area contributed by atoms with Gasteiger partial charge in [-0.1, -0.05) is 24.3 Å². The Morgan fingerprint density at radius 1 is 1.00 bits per heavy atom. The Bertz CT molecular complexity index is 1370. The summed E-state index contributed by atoms with van der Waals surface area (Å²) in [6.45, 7) is -0.205. The minimum Gasteiger partial charge on any atom is -0.373 e. The molecule has 4 aromatic rings. The van der Waals surface area contributed by atoms with Gasteiger partial charge >= 0.3 is 6.18 Å². The number of rotatable bonds is 5. The monoisotopic (exact) mass is 468 g/mol. The Morgan fingerprint density at radius 3 is 2.44 bits per heavy atom. The zero-order valence-electron chi connectivity index (χ0n) is 18.3. The smallest absolute Gasteiger partial charge is 0.373 e. The first-order valence-electron chi connectivity index (χ1n) is 10.3. The molecule has 0 aliphatic carbocycles. The van der Waals surface area contributed by atoms with E-state index in [-0.39, 0.29) is 12.1 Å². The van der Waals surface area contributed by atoms with Crippen LogP contribution in [0.1, 0.15) is 21.5 Å². The van der Waals surface area contributed by atoms with Crippen LogP contribution >= 0.6 is 0 Å². The fourth-order valence-electron chi connectivity index (χ4n) is 3.76. The third-order valence-electron chi connectivity index (χ3n) is 5.47. The maximum absolute atomic E-state index is 14.6. The number of anilines is 1. The van der Waals surface area contributed by atoms with Gasteiger partial charge in [-0.15, -0.1) is 0 Å². The molecule has 0 radical (unpaired) electrons. The number of benzene rings is 3. The summed E-state index contributed by atoms with van der Waals surface area (Å²) in [4.78, 5) is 22.3. The molecular formula is C25H20F4N4O. The Labute approximate surface area is 193 Å². The number of hydrogen-bond acceptors (Lipinski definition) is 4. The van der Waals surface area contributed by atoms with Gasteiger partial charge < -0.3 is 10.2 Å². The molecule has 174 valence electrons. The molecule has 0 fully saturated rings. The second kappa shape index (κ2) is 9.09. The summed E-state index contributed by atoms with van der Waals surface area (Å²) >= 11 is 0. The van der Waals surface area contributed by atoms with Crippen molar-refractivity contribution in [1.82, 2.24) is 14.9 Å². The normalized spacial score (nSPS) is 11.5. The first kappa shape index (κ1) is 23.2. The van der Waals surface area contributed by atoms with E-state index in [9.17, 15) is 22.4 Å². The highest BCUT2D eigenvalue weighted by Gasteiger charge is 2.35. The van der Waals surface area contributed by atoms with Crippen LogP contribution in [0.25, 0.3) is 22.0 Å². The van der Waals surface area contributed by atoms with Crippen molar-refractivity contribution in [3.05, 3.63) is 89.5 Å². The average molecular weight is 468 g/mol. The zero-order chi connectivity index (χ0) is 24.5. The lowest BCUT2D eigenvalue weighted by molar-refractivity contribution is -0.138. The average Bonchev–Trinajstić information content (AvgIpc) is 2.83. The largest absolute Gasteiger partial charge is 0.417 e. The summed E-state index contributed by atoms with van der Waals surface area (Å²) in [5.41, 5.74) is 0.857. The highest BCUT2D eigenvalue weighted by Crippen LogP contribution is 2.33. The van der Waals surface area contributed by atoms with Crippen LogP contribution in [-0.2, 0) is 12.7 Å². The van der Waals surface area contributed by atoms with Crippen LogP contribution in [0.5, 0.6) is 0 Å². The molecule has 0 aliphatic rings. The number of hydrogen-bond donors (Lipinski definition) is 1. The second-order valence-electron chi connectivity index (χ2n) is 7.71. The molecule has 1 N–H and O–H groups in total. The standard InChI is InChI=1S/C25H20F4N4O/c1-30-23-19-12-16(8-10-22(19)31-14-32-23)15-7-9-21(26)17(11-15)13-33(2)24(34)18-5-3-4-6-20(18)25(27,28)29/h3-12,14H,13H2,1-2H3,(H,30,31,32). The lowest BCUT2D eigenvalue weighted by Gasteiger charge is -2.20. The van der Waals surface area contributed by atoms with Crippen molar-refractivity contribution < 1.29 is 22.4 Å². The van der Waals surface area contributed by atoms with Gasteiger partial charge in [-0.3, -0.25) is 4.79 Å². The van der Waals surface area contributed by atoms with Crippen molar-refractivity contribution in [2.45, 2.75) is 12.7 Å². The highest BCUT2D eigenvalue weighted by molar-refractivity contribution is 5.96. The number of nitrogens with zero attached hydrogens (tertiary/aromatic N) is 3. The van der Waals surface area contributed by atoms with Gasteiger partial charge in [0.1, 0.15) is 18.0 Å². The summed E-state index contributed by atoms with van der Waals surface area (Å²) in [6, 6.07) is 14.5. The SMILES string of the molecule is CNc1ncnc2ccc(-c3ccc(F)c(CN(C)C(=O)c4ccccc4C(F)(F)F)c3)cc12. The number of carbonyl (C=O) groups excluding carboxylic acids is 1. The van der Waals surface area contributed by atoms with Gasteiger partial charge in [0.15, 0.2) is 0 Å². The predicted octanol–water partition coefficient (Wildman–Crippen LogP) is 5.77. The molecule has 0 spiro atoms. The Morgan fingerprint density at radius 2 is 1.71 bits per heavy atom. The molecule has 34 heavy (non-hydrogen) atoms. The quantitative estimate of drug-likeness (QED) is 0.378. The van der Waals surface area contributed by atoms with Crippen molar-refractivity contribution in [2.24, 2.45) is 0 Å². The van der Waals surface area contributed by atoms with E-state index >= 15 is 0 Å². The summed E-state index contributed by atoms with van der Waals surface area (Å²) in [6.07, 6.45) is -3.22. The minimum atomic E-state index is -4.68. The van der Waals surface area contributed by atoms with Crippen molar-refractivity contribution in [2.75, 3.05) is 19.4 Å². The van der Waals surface area contributed by atoms with Gasteiger partial charge in [-0.25, -0.2) is 14.4 Å². The van der Waals surface area contributed by atoms with Crippen LogP contribution in [0.2, 0.25) is 0 Å². The van der Waals surface area contributed by atoms with Gasteiger partial charge in [0.05, 0.1) is 16.6 Å². The zero-order valence-corrected chi connectivity index (χ0v) is 18.3. The fourth-order valence-corrected chi connectivity index (χ4v) is 3.76. The number of fused-ring (bicyclic) bond motifs is 1. The molecule has 0 saturated heterocycles. The first-order chi connectivity index (χ1) is 16.2. The molecular weight excluding hydrogens is 448 g/mol. The van der Waals surface area contributed by atoms with Crippen LogP contribution in [0.4, 0.5) is 23.4 Å². The van der Waals surface area contributed by atoms with E-state index in [1.165, 1.54) is 31.6 Å². The predicted molar refractivity (Wildman–Crippen MR) is 122 cm³/mol. The summed E-state index contributed by atoms with van der Waals surface area (Å²) in [7, 11) is 3.09. The summed E-state index contributed by atoms with van der Waals surface area (Å²) in [5, 5.41) is 3.78. The van der Waals surface area contributed by atoms with E-state index in [4.69, 9.17) is 0 Å². The van der Waals surface area contributed by atoms with Crippen LogP contribution in [0, 0.1) is 5.82 Å². The van der Waals surface area contributed by atoms with Crippen LogP contribution in [-0.4, -0.2) is 34.9 Å². The Hall–Kier alpha value is -4.01. The van der Waals surface area contributed by atoms with Gasteiger partial charge in [0.2, 0.25) is 0 Å². The molecule has 0 atom stereocenters. The number of aromatic nitrogens is 2. The number of carbonyl (C=O) groups is 1. The molecule has 0 saturated carbocycles. The van der Waals surface area contributed by atoms with E-state index in [1.54, 1.807) is 19.2 Å². The first-order valence-corrected chi connectivity index (χ1v) is 10.3. The van der Waals surface area contributed by atoms with Crippen LogP contribution < -0.4 is 5.32 Å². The summed E-state index contributed by atoms with van der Waals surface area (Å²) < 4.78 is 54.6. The van der Waals surface area contributed by atoms with Crippen LogP contribution in [0.15, 0.2) is 67.0 Å². The van der Waals surface area contributed by atoms with Gasteiger partial charge in [0.25, 0.3) is 5.91 Å². The van der Waals surface area contributed by atoms with E-state index < -0.39 is 29.0 Å². The maximum Gasteiger partial charge on any atom is 0.417 e. The van der Waals surface area contributed by atoms with Crippen molar-refractivity contribution in [3.63, 3.8) is 0 Å². The molecule has 1 amide bonds. The Kier molecular flexibility index (Phi) is 6.19. The molecule has 0 aliphatic heterocycles. The lowest BCUT2D eigenvalue weighted by Crippen LogP contribution is -2.28. The Balaban J connectivity index is 1.65. The third-order valence-corrected chi connectivity index (χ3v) is 5.47. The van der Waals surface area contributed by atoms with Crippen molar-refractivity contribution in [1.29, 1.82) is 0 Å². The topological polar surface area (TPSA) is 58.1 Å².